The molecule has 0 aromatic carbocycles. The van der Waals surface area contributed by atoms with Gasteiger partial charge in [-0.05, 0) is 31.2 Å². The number of nitrogens with zero attached hydrogens (tertiary/aromatic N) is 1. The number of aromatic amines is 1. The number of hydrogen-bond donors (Lipinski definition) is 2. The van der Waals surface area contributed by atoms with Crippen LogP contribution in [0.5, 0.6) is 0 Å². The van der Waals surface area contributed by atoms with Gasteiger partial charge in [-0.25, -0.2) is 4.98 Å². The van der Waals surface area contributed by atoms with Crippen molar-refractivity contribution in [3.63, 3.8) is 0 Å². The maximum absolute atomic E-state index is 4.38. The monoisotopic (exact) mass is 235 g/mol. The minimum absolute atomic E-state index is 0.503. The second kappa shape index (κ2) is 5.67. The number of H-pyrrole nitrogens is 1. The number of imidazole rings is 1. The van der Waals surface area contributed by atoms with Crippen LogP contribution >= 0.6 is 0 Å². The summed E-state index contributed by atoms with van der Waals surface area (Å²) in [5, 5.41) is 3.69. The molecule has 1 saturated carbocycles. The van der Waals surface area contributed by atoms with Crippen molar-refractivity contribution in [1.29, 1.82) is 0 Å². The van der Waals surface area contributed by atoms with E-state index in [9.17, 15) is 0 Å². The molecule has 17 heavy (non-hydrogen) atoms. The summed E-state index contributed by atoms with van der Waals surface area (Å²) in [5.41, 5.74) is 0.503. The van der Waals surface area contributed by atoms with E-state index in [1.807, 2.05) is 12.4 Å². The average molecular weight is 235 g/mol. The third kappa shape index (κ3) is 2.71. The van der Waals surface area contributed by atoms with Gasteiger partial charge in [0.2, 0.25) is 0 Å². The Hall–Kier alpha value is -0.830. The van der Waals surface area contributed by atoms with E-state index in [2.05, 4.69) is 29.1 Å². The summed E-state index contributed by atoms with van der Waals surface area (Å²) in [6, 6.07) is 0.575. The van der Waals surface area contributed by atoms with Crippen LogP contribution in [-0.4, -0.2) is 22.6 Å². The van der Waals surface area contributed by atoms with Crippen LogP contribution in [0.25, 0.3) is 0 Å². The quantitative estimate of drug-likeness (QED) is 0.796. The lowest BCUT2D eigenvalue weighted by molar-refractivity contribution is 0.184. The molecule has 1 atom stereocenters. The third-order valence-corrected chi connectivity index (χ3v) is 4.45. The molecule has 0 amide bonds. The number of rotatable bonds is 6. The first-order valence-electron chi connectivity index (χ1n) is 7.02. The van der Waals surface area contributed by atoms with Crippen molar-refractivity contribution >= 4 is 0 Å². The van der Waals surface area contributed by atoms with Crippen molar-refractivity contribution in [2.75, 3.05) is 6.54 Å². The lowest BCUT2D eigenvalue weighted by Crippen LogP contribution is -2.45. The maximum atomic E-state index is 4.38. The van der Waals surface area contributed by atoms with Crippen LogP contribution in [0.15, 0.2) is 12.4 Å². The van der Waals surface area contributed by atoms with Crippen LogP contribution in [-0.2, 0) is 6.42 Å². The Morgan fingerprint density at radius 3 is 2.71 bits per heavy atom. The number of hydrogen-bond acceptors (Lipinski definition) is 2. The highest BCUT2D eigenvalue weighted by Crippen LogP contribution is 2.44. The van der Waals surface area contributed by atoms with Crippen molar-refractivity contribution < 1.29 is 0 Å². The highest BCUT2D eigenvalue weighted by atomic mass is 15.0. The van der Waals surface area contributed by atoms with E-state index in [0.717, 1.165) is 18.8 Å². The Labute approximate surface area is 104 Å². The zero-order valence-electron chi connectivity index (χ0n) is 11.1. The standard InChI is InChI=1S/C14H25N3/c1-3-14(7-5-6-8-14)12(15-4-2)11-13-16-9-10-17-13/h9-10,12,15H,3-8,11H2,1-2H3,(H,16,17). The zero-order valence-corrected chi connectivity index (χ0v) is 11.1. The second-order valence-corrected chi connectivity index (χ2v) is 5.27. The first-order valence-corrected chi connectivity index (χ1v) is 7.02. The summed E-state index contributed by atoms with van der Waals surface area (Å²) in [5.74, 6) is 1.12. The summed E-state index contributed by atoms with van der Waals surface area (Å²) >= 11 is 0. The van der Waals surface area contributed by atoms with Crippen molar-refractivity contribution in [3.05, 3.63) is 18.2 Å². The van der Waals surface area contributed by atoms with Gasteiger partial charge in [-0.15, -0.1) is 0 Å². The Morgan fingerprint density at radius 2 is 2.18 bits per heavy atom. The van der Waals surface area contributed by atoms with Crippen LogP contribution in [0.2, 0.25) is 0 Å². The van der Waals surface area contributed by atoms with Gasteiger partial charge in [0, 0.05) is 24.9 Å². The van der Waals surface area contributed by atoms with Gasteiger partial charge in [0.15, 0.2) is 0 Å². The van der Waals surface area contributed by atoms with Gasteiger partial charge in [-0.3, -0.25) is 0 Å². The van der Waals surface area contributed by atoms with Gasteiger partial charge >= 0.3 is 0 Å². The summed E-state index contributed by atoms with van der Waals surface area (Å²) in [6.45, 7) is 5.60. The molecule has 1 aromatic rings. The first kappa shape index (κ1) is 12.6. The predicted octanol–water partition coefficient (Wildman–Crippen LogP) is 2.90. The minimum atomic E-state index is 0.503. The minimum Gasteiger partial charge on any atom is -0.349 e. The molecule has 0 spiro atoms. The lowest BCUT2D eigenvalue weighted by Gasteiger charge is -2.37. The molecule has 3 heteroatoms. The second-order valence-electron chi connectivity index (χ2n) is 5.27. The molecule has 1 heterocycles. The molecule has 1 fully saturated rings. The molecule has 1 unspecified atom stereocenters. The Bertz CT molecular complexity index is 312. The highest BCUT2D eigenvalue weighted by molar-refractivity contribution is 5.00. The number of aromatic nitrogens is 2. The molecule has 1 aliphatic carbocycles. The van der Waals surface area contributed by atoms with E-state index < -0.39 is 0 Å². The van der Waals surface area contributed by atoms with Crippen molar-refractivity contribution in [1.82, 2.24) is 15.3 Å². The molecule has 96 valence electrons. The Kier molecular flexibility index (Phi) is 4.21. The topological polar surface area (TPSA) is 40.7 Å². The Morgan fingerprint density at radius 1 is 1.41 bits per heavy atom. The lowest BCUT2D eigenvalue weighted by atomic mass is 9.74. The molecule has 0 aliphatic heterocycles. The van der Waals surface area contributed by atoms with Crippen LogP contribution in [0.4, 0.5) is 0 Å². The molecule has 1 aliphatic rings. The fraction of sp³-hybridized carbons (Fsp3) is 0.786. The van der Waals surface area contributed by atoms with Crippen LogP contribution in [0.3, 0.4) is 0 Å². The average Bonchev–Trinajstić information content (AvgIpc) is 3.00. The van der Waals surface area contributed by atoms with Crippen molar-refractivity contribution in [3.8, 4) is 0 Å². The molecular formula is C14H25N3. The summed E-state index contributed by atoms with van der Waals surface area (Å²) in [6.07, 6.45) is 11.6. The predicted molar refractivity (Wildman–Crippen MR) is 70.9 cm³/mol. The molecule has 0 saturated heterocycles. The molecule has 1 aromatic heterocycles. The molecule has 0 radical (unpaired) electrons. The van der Waals surface area contributed by atoms with Gasteiger partial charge in [-0.1, -0.05) is 26.7 Å². The van der Waals surface area contributed by atoms with Gasteiger partial charge < -0.3 is 10.3 Å². The largest absolute Gasteiger partial charge is 0.349 e. The molecule has 2 N–H and O–H groups in total. The van der Waals surface area contributed by atoms with Gasteiger partial charge in [0.1, 0.15) is 5.82 Å². The highest BCUT2D eigenvalue weighted by Gasteiger charge is 2.39. The fourth-order valence-electron chi connectivity index (χ4n) is 3.38. The van der Waals surface area contributed by atoms with Crippen LogP contribution in [0, 0.1) is 5.41 Å². The van der Waals surface area contributed by atoms with E-state index in [1.54, 1.807) is 0 Å². The van der Waals surface area contributed by atoms with Gasteiger partial charge in [0.25, 0.3) is 0 Å². The molecule has 0 bridgehead atoms. The van der Waals surface area contributed by atoms with E-state index >= 15 is 0 Å². The number of likely N-dealkylation sites (N-methyl/N-ethyl adjacent to an activating group) is 1. The van der Waals surface area contributed by atoms with E-state index in [0.29, 0.717) is 11.5 Å². The summed E-state index contributed by atoms with van der Waals surface area (Å²) < 4.78 is 0. The van der Waals surface area contributed by atoms with Crippen LogP contribution < -0.4 is 5.32 Å². The smallest absolute Gasteiger partial charge is 0.107 e. The van der Waals surface area contributed by atoms with Gasteiger partial charge in [0.05, 0.1) is 0 Å². The van der Waals surface area contributed by atoms with E-state index in [4.69, 9.17) is 0 Å². The Balaban J connectivity index is 2.09. The molecule has 3 nitrogen and oxygen atoms in total. The van der Waals surface area contributed by atoms with Crippen LogP contribution in [0.1, 0.15) is 51.8 Å². The van der Waals surface area contributed by atoms with Crippen molar-refractivity contribution in [2.45, 2.75) is 58.4 Å². The third-order valence-electron chi connectivity index (χ3n) is 4.45. The normalized spacial score (nSPS) is 20.6. The summed E-state index contributed by atoms with van der Waals surface area (Å²) in [4.78, 5) is 7.62. The van der Waals surface area contributed by atoms with Gasteiger partial charge in [-0.2, -0.15) is 0 Å². The summed E-state index contributed by atoms with van der Waals surface area (Å²) in [7, 11) is 0. The van der Waals surface area contributed by atoms with E-state index in [-0.39, 0.29) is 0 Å². The number of nitrogens with one attached hydrogen (secondary N) is 2. The zero-order chi connectivity index (χ0) is 12.1. The molecule has 2 rings (SSSR count). The first-order chi connectivity index (χ1) is 8.30. The fourth-order valence-corrected chi connectivity index (χ4v) is 3.38. The van der Waals surface area contributed by atoms with Crippen molar-refractivity contribution in [2.24, 2.45) is 5.41 Å². The maximum Gasteiger partial charge on any atom is 0.107 e. The molecular weight excluding hydrogens is 210 g/mol. The SMILES string of the molecule is CCNC(Cc1ncc[nH]1)C1(CC)CCCC1. The van der Waals surface area contributed by atoms with E-state index in [1.165, 1.54) is 32.1 Å².